The molecule has 17 rings (SSSR count). The van der Waals surface area contributed by atoms with Crippen molar-refractivity contribution in [2.45, 2.75) is 24.7 Å². The Morgan fingerprint density at radius 3 is 1.33 bits per heavy atom. The molecule has 0 atom stereocenters. The first-order chi connectivity index (χ1) is 41.4. The summed E-state index contributed by atoms with van der Waals surface area (Å²) in [7, 11) is 0. The van der Waals surface area contributed by atoms with E-state index >= 15 is 0 Å². The standard InChI is InChI=1S/C82H56N2/c1-81(2)72-30-14-9-24-65(72)69-46-40-56(51-76(69)81)58-48-57(49-59(50-58)64-29-19-35-79-80(64)71-28-13-18-34-78(71)84(79)60-22-7-4-8-23-60)55-38-43-62(44-39-55)83(61-41-36-54(37-42-61)53-20-5-3-6-21-53)63-45-47-70-68-27-12-17-33-75(68)82(77(70)52-63)73-31-15-10-25-66(73)67-26-11-16-32-74(67)82/h3-52H,1-2H3. The number of benzene rings is 13. The van der Waals surface area contributed by atoms with Crippen molar-refractivity contribution >= 4 is 38.9 Å². The van der Waals surface area contributed by atoms with Crippen LogP contribution in [0.3, 0.4) is 0 Å². The number of fused-ring (bicyclic) bond motifs is 16. The molecule has 1 aromatic heterocycles. The Bertz CT molecular complexity index is 4900. The minimum atomic E-state index is -0.468. The maximum Gasteiger partial charge on any atom is 0.0726 e. The summed E-state index contributed by atoms with van der Waals surface area (Å²) in [6.07, 6.45) is 0. The van der Waals surface area contributed by atoms with Crippen molar-refractivity contribution in [1.29, 1.82) is 0 Å². The van der Waals surface area contributed by atoms with Crippen LogP contribution in [0.25, 0.3) is 105 Å². The molecule has 0 aliphatic heterocycles. The first-order valence-corrected chi connectivity index (χ1v) is 29.4. The first kappa shape index (κ1) is 48.2. The molecule has 1 heterocycles. The third-order valence-corrected chi connectivity index (χ3v) is 18.8. The summed E-state index contributed by atoms with van der Waals surface area (Å²) in [5.74, 6) is 0. The predicted molar refractivity (Wildman–Crippen MR) is 351 cm³/mol. The van der Waals surface area contributed by atoms with Crippen molar-refractivity contribution in [2.75, 3.05) is 4.90 Å². The zero-order valence-electron chi connectivity index (χ0n) is 46.8. The van der Waals surface area contributed by atoms with Crippen LogP contribution in [0.5, 0.6) is 0 Å². The third-order valence-electron chi connectivity index (χ3n) is 18.8. The Hall–Kier alpha value is -10.5. The minimum absolute atomic E-state index is 0.133. The van der Waals surface area contributed by atoms with Crippen LogP contribution in [-0.2, 0) is 10.8 Å². The Kier molecular flexibility index (Phi) is 10.6. The van der Waals surface area contributed by atoms with Gasteiger partial charge in [-0.3, -0.25) is 0 Å². The topological polar surface area (TPSA) is 8.17 Å². The number of nitrogens with zero attached hydrogens (tertiary/aromatic N) is 2. The number of anilines is 3. The van der Waals surface area contributed by atoms with Gasteiger partial charge in [0, 0.05) is 38.9 Å². The van der Waals surface area contributed by atoms with Gasteiger partial charge < -0.3 is 9.47 Å². The molecule has 0 unspecified atom stereocenters. The molecular formula is C82H56N2. The van der Waals surface area contributed by atoms with Crippen LogP contribution in [0.4, 0.5) is 17.1 Å². The van der Waals surface area contributed by atoms with Gasteiger partial charge in [0.2, 0.25) is 0 Å². The second kappa shape index (κ2) is 18.5. The van der Waals surface area contributed by atoms with Gasteiger partial charge in [0.15, 0.2) is 0 Å². The van der Waals surface area contributed by atoms with E-state index in [1.807, 2.05) is 0 Å². The molecule has 0 amide bonds. The molecular weight excluding hydrogens is 1010 g/mol. The lowest BCUT2D eigenvalue weighted by atomic mass is 9.70. The lowest BCUT2D eigenvalue weighted by Gasteiger charge is -2.32. The molecule has 394 valence electrons. The summed E-state index contributed by atoms with van der Waals surface area (Å²) in [5, 5.41) is 2.48. The van der Waals surface area contributed by atoms with Crippen molar-refractivity contribution in [3.63, 3.8) is 0 Å². The van der Waals surface area contributed by atoms with Gasteiger partial charge in [-0.15, -0.1) is 0 Å². The fourth-order valence-electron chi connectivity index (χ4n) is 15.0. The maximum absolute atomic E-state index is 2.49. The van der Waals surface area contributed by atoms with Crippen LogP contribution in [0.15, 0.2) is 303 Å². The van der Waals surface area contributed by atoms with Gasteiger partial charge in [-0.25, -0.2) is 0 Å². The summed E-state index contributed by atoms with van der Waals surface area (Å²) in [4.78, 5) is 2.46. The molecule has 3 aliphatic rings. The molecule has 2 nitrogen and oxygen atoms in total. The van der Waals surface area contributed by atoms with Gasteiger partial charge in [0.05, 0.1) is 16.4 Å². The maximum atomic E-state index is 2.49. The number of hydrogen-bond donors (Lipinski definition) is 0. The summed E-state index contributed by atoms with van der Waals surface area (Å²) < 4.78 is 2.42. The molecule has 0 bridgehead atoms. The molecule has 1 spiro atoms. The van der Waals surface area contributed by atoms with E-state index in [0.29, 0.717) is 0 Å². The average Bonchev–Trinajstić information content (AvgIpc) is 2.94. The quantitative estimate of drug-likeness (QED) is 0.147. The largest absolute Gasteiger partial charge is 0.310 e. The smallest absolute Gasteiger partial charge is 0.0726 e. The van der Waals surface area contributed by atoms with Crippen LogP contribution in [-0.4, -0.2) is 4.57 Å². The highest BCUT2D eigenvalue weighted by Crippen LogP contribution is 2.63. The highest BCUT2D eigenvalue weighted by molar-refractivity contribution is 6.16. The average molecular weight is 1070 g/mol. The van der Waals surface area contributed by atoms with Crippen molar-refractivity contribution in [2.24, 2.45) is 0 Å². The van der Waals surface area contributed by atoms with Crippen LogP contribution < -0.4 is 4.90 Å². The Labute approximate surface area is 490 Å². The lowest BCUT2D eigenvalue weighted by Crippen LogP contribution is -2.26. The van der Waals surface area contributed by atoms with E-state index in [4.69, 9.17) is 0 Å². The molecule has 0 N–H and O–H groups in total. The van der Waals surface area contributed by atoms with Gasteiger partial charge in [-0.1, -0.05) is 232 Å². The Morgan fingerprint density at radius 2 is 0.690 bits per heavy atom. The van der Waals surface area contributed by atoms with E-state index < -0.39 is 5.41 Å². The molecule has 2 heteroatoms. The molecule has 14 aromatic rings. The lowest BCUT2D eigenvalue weighted by molar-refractivity contribution is 0.660. The molecule has 0 saturated carbocycles. The second-order valence-electron chi connectivity index (χ2n) is 23.5. The molecule has 84 heavy (non-hydrogen) atoms. The Balaban J connectivity index is 0.845. The van der Waals surface area contributed by atoms with E-state index in [2.05, 4.69) is 327 Å². The van der Waals surface area contributed by atoms with Crippen molar-refractivity contribution in [1.82, 2.24) is 4.57 Å². The number of hydrogen-bond acceptors (Lipinski definition) is 1. The normalized spacial score (nSPS) is 13.5. The van der Waals surface area contributed by atoms with E-state index in [9.17, 15) is 0 Å². The zero-order chi connectivity index (χ0) is 55.7. The van der Waals surface area contributed by atoms with Gasteiger partial charge in [0.1, 0.15) is 0 Å². The second-order valence-corrected chi connectivity index (χ2v) is 23.5. The Morgan fingerprint density at radius 1 is 0.262 bits per heavy atom. The van der Waals surface area contributed by atoms with Crippen LogP contribution >= 0.6 is 0 Å². The minimum Gasteiger partial charge on any atom is -0.310 e. The van der Waals surface area contributed by atoms with Gasteiger partial charge in [-0.05, 0) is 196 Å². The van der Waals surface area contributed by atoms with Gasteiger partial charge in [0.25, 0.3) is 0 Å². The van der Waals surface area contributed by atoms with E-state index in [-0.39, 0.29) is 5.41 Å². The first-order valence-electron chi connectivity index (χ1n) is 29.4. The van der Waals surface area contributed by atoms with E-state index in [0.717, 1.165) is 33.9 Å². The highest BCUT2D eigenvalue weighted by Gasteiger charge is 2.51. The summed E-state index contributed by atoms with van der Waals surface area (Å²) in [5.41, 5.74) is 31.6. The summed E-state index contributed by atoms with van der Waals surface area (Å²) in [6.45, 7) is 4.75. The third kappa shape index (κ3) is 7.04. The van der Waals surface area contributed by atoms with Crippen LogP contribution in [0, 0.1) is 0 Å². The van der Waals surface area contributed by atoms with Gasteiger partial charge in [-0.2, -0.15) is 0 Å². The number of aromatic nitrogens is 1. The molecule has 0 saturated heterocycles. The van der Waals surface area contributed by atoms with Crippen molar-refractivity contribution in [3.05, 3.63) is 337 Å². The SMILES string of the molecule is CC1(C)c2ccccc2-c2ccc(-c3cc(-c4ccc(N(c5ccc(-c6ccccc6)cc5)c5ccc6c(c5)C5(c7ccccc7-c7ccccc75)c5ccccc5-6)cc4)cc(-c4cccc5c4c4ccccc4n5-c4ccccc4)c3)cc21. The summed E-state index contributed by atoms with van der Waals surface area (Å²) in [6, 6.07) is 113. The predicted octanol–water partition coefficient (Wildman–Crippen LogP) is 21.6. The zero-order valence-corrected chi connectivity index (χ0v) is 46.8. The fourth-order valence-corrected chi connectivity index (χ4v) is 15.0. The molecule has 0 radical (unpaired) electrons. The summed E-state index contributed by atoms with van der Waals surface area (Å²) >= 11 is 0. The van der Waals surface area contributed by atoms with Crippen LogP contribution in [0.2, 0.25) is 0 Å². The van der Waals surface area contributed by atoms with E-state index in [1.54, 1.807) is 0 Å². The molecule has 0 fully saturated rings. The van der Waals surface area contributed by atoms with Gasteiger partial charge >= 0.3 is 0 Å². The number of para-hydroxylation sites is 2. The van der Waals surface area contributed by atoms with Crippen LogP contribution in [0.1, 0.15) is 47.2 Å². The highest BCUT2D eigenvalue weighted by atomic mass is 15.1. The van der Waals surface area contributed by atoms with Crippen molar-refractivity contribution < 1.29 is 0 Å². The fraction of sp³-hybridized carbons (Fsp3) is 0.0488. The monoisotopic (exact) mass is 1070 g/mol. The molecule has 3 aliphatic carbocycles. The molecule has 13 aromatic carbocycles. The number of rotatable bonds is 8. The van der Waals surface area contributed by atoms with Crippen molar-refractivity contribution in [3.8, 4) is 83.6 Å². The van der Waals surface area contributed by atoms with E-state index in [1.165, 1.54) is 122 Å².